The lowest BCUT2D eigenvalue weighted by Gasteiger charge is -2.23. The average molecular weight is 559 g/mol. The molecule has 4 aromatic rings. The van der Waals surface area contributed by atoms with Gasteiger partial charge in [-0.25, -0.2) is 14.8 Å². The number of hydrogen-bond donors (Lipinski definition) is 1. The molecule has 1 saturated heterocycles. The van der Waals surface area contributed by atoms with Crippen molar-refractivity contribution in [2.45, 2.75) is 26.8 Å². The minimum Gasteiger partial charge on any atom is -0.505 e. The van der Waals surface area contributed by atoms with Crippen molar-refractivity contribution >= 4 is 45.5 Å². The summed E-state index contributed by atoms with van der Waals surface area (Å²) < 4.78 is 12.2. The number of aliphatic hydroxyl groups is 1. The molecule has 0 saturated carbocycles. The number of imidazole rings is 1. The zero-order valence-corrected chi connectivity index (χ0v) is 23.1. The number of esters is 1. The van der Waals surface area contributed by atoms with E-state index in [0.717, 1.165) is 16.9 Å². The third-order valence-corrected chi connectivity index (χ3v) is 7.82. The largest absolute Gasteiger partial charge is 0.505 e. The molecule has 3 aromatic heterocycles. The molecule has 1 atom stereocenters. The first-order chi connectivity index (χ1) is 19.2. The van der Waals surface area contributed by atoms with Crippen molar-refractivity contribution in [1.29, 1.82) is 0 Å². The molecule has 0 aliphatic carbocycles. The second-order valence-electron chi connectivity index (χ2n) is 9.17. The van der Waals surface area contributed by atoms with Crippen LogP contribution in [0.25, 0.3) is 11.4 Å². The van der Waals surface area contributed by atoms with Crippen molar-refractivity contribution in [2.24, 2.45) is 0 Å². The van der Waals surface area contributed by atoms with Crippen LogP contribution in [0.5, 0.6) is 5.75 Å². The van der Waals surface area contributed by atoms with Gasteiger partial charge in [0.15, 0.2) is 10.9 Å². The minimum atomic E-state index is -1.05. The van der Waals surface area contributed by atoms with Crippen molar-refractivity contribution in [1.82, 2.24) is 14.4 Å². The van der Waals surface area contributed by atoms with E-state index in [4.69, 9.17) is 9.47 Å². The molecule has 11 heteroatoms. The fraction of sp³-hybridized carbons (Fsp3) is 0.207. The number of aromatic nitrogens is 3. The average Bonchev–Trinajstić information content (AvgIpc) is 3.59. The Morgan fingerprint density at radius 1 is 1.15 bits per heavy atom. The minimum absolute atomic E-state index is 0.124. The molecule has 1 unspecified atom stereocenters. The van der Waals surface area contributed by atoms with E-state index in [9.17, 15) is 19.5 Å². The fourth-order valence-electron chi connectivity index (χ4n) is 4.69. The standard InChI is InChI=1S/C29H26N4O6S/c1-6-14-39-19-11-9-18(10-12-19)22-20(23(34)21-17(4)32-13-7-8-15(2)26(32)31-21)24(35)27(36)33(22)29-30-16(3)25(40-29)28(37)38-5/h6-13,22,34H,1,14H2,2-5H3/b23-20+. The van der Waals surface area contributed by atoms with Gasteiger partial charge in [-0.15, -0.1) is 0 Å². The van der Waals surface area contributed by atoms with E-state index in [1.54, 1.807) is 44.2 Å². The number of pyridine rings is 1. The lowest BCUT2D eigenvalue weighted by atomic mass is 9.96. The lowest BCUT2D eigenvalue weighted by Crippen LogP contribution is -2.29. The van der Waals surface area contributed by atoms with Crippen molar-refractivity contribution in [3.8, 4) is 5.75 Å². The number of amides is 1. The molecule has 1 aliphatic heterocycles. The van der Waals surface area contributed by atoms with Crippen LogP contribution in [0.2, 0.25) is 0 Å². The van der Waals surface area contributed by atoms with Crippen LogP contribution in [0.1, 0.15) is 43.9 Å². The highest BCUT2D eigenvalue weighted by Gasteiger charge is 2.49. The van der Waals surface area contributed by atoms with Crippen molar-refractivity contribution in [3.05, 3.63) is 93.9 Å². The Kier molecular flexibility index (Phi) is 6.99. The molecule has 0 spiro atoms. The van der Waals surface area contributed by atoms with Crippen LogP contribution in [-0.4, -0.2) is 50.9 Å². The van der Waals surface area contributed by atoms with Crippen molar-refractivity contribution in [3.63, 3.8) is 0 Å². The van der Waals surface area contributed by atoms with Crippen LogP contribution in [0, 0.1) is 20.8 Å². The SMILES string of the molecule is C=CCOc1ccc(C2/C(=C(\O)c3nc4c(C)cccn4c3C)C(=O)C(=O)N2c2nc(C)c(C(=O)OC)s2)cc1. The number of benzene rings is 1. The highest BCUT2D eigenvalue weighted by Crippen LogP contribution is 2.44. The lowest BCUT2D eigenvalue weighted by molar-refractivity contribution is -0.132. The summed E-state index contributed by atoms with van der Waals surface area (Å²) in [6.45, 7) is 9.23. The summed E-state index contributed by atoms with van der Waals surface area (Å²) in [5.41, 5.74) is 3.03. The number of nitrogens with zero attached hydrogens (tertiary/aromatic N) is 4. The van der Waals surface area contributed by atoms with Crippen LogP contribution in [0.3, 0.4) is 0 Å². The summed E-state index contributed by atoms with van der Waals surface area (Å²) in [6.07, 6.45) is 3.43. The summed E-state index contributed by atoms with van der Waals surface area (Å²) in [7, 11) is 1.25. The third-order valence-electron chi connectivity index (χ3n) is 6.68. The van der Waals surface area contributed by atoms with E-state index >= 15 is 0 Å². The van der Waals surface area contributed by atoms with Crippen molar-refractivity contribution in [2.75, 3.05) is 18.6 Å². The molecule has 1 aromatic carbocycles. The van der Waals surface area contributed by atoms with E-state index in [-0.39, 0.29) is 21.3 Å². The van der Waals surface area contributed by atoms with Gasteiger partial charge in [0, 0.05) is 6.20 Å². The van der Waals surface area contributed by atoms with Crippen LogP contribution < -0.4 is 9.64 Å². The predicted molar refractivity (Wildman–Crippen MR) is 150 cm³/mol. The molecule has 5 rings (SSSR count). The highest BCUT2D eigenvalue weighted by molar-refractivity contribution is 7.17. The maximum Gasteiger partial charge on any atom is 0.350 e. The van der Waals surface area contributed by atoms with Crippen molar-refractivity contribution < 1.29 is 29.0 Å². The van der Waals surface area contributed by atoms with Gasteiger partial charge in [0.05, 0.1) is 30.1 Å². The first kappa shape index (κ1) is 26.8. The number of ether oxygens (including phenoxy) is 2. The summed E-state index contributed by atoms with van der Waals surface area (Å²) >= 11 is 0.934. The molecule has 1 fully saturated rings. The van der Waals surface area contributed by atoms with Gasteiger partial charge in [0.25, 0.3) is 5.78 Å². The molecule has 4 heterocycles. The number of thiazole rings is 1. The summed E-state index contributed by atoms with van der Waals surface area (Å²) in [5.74, 6) is -2.23. The number of Topliss-reactive ketones (excluding diaryl/α,β-unsaturated/α-hetero) is 1. The Bertz CT molecular complexity index is 1720. The van der Waals surface area contributed by atoms with Gasteiger partial charge in [0.1, 0.15) is 28.6 Å². The third kappa shape index (κ3) is 4.34. The van der Waals surface area contributed by atoms with Gasteiger partial charge in [-0.2, -0.15) is 0 Å². The molecular formula is C29H26N4O6S. The fourth-order valence-corrected chi connectivity index (χ4v) is 5.70. The zero-order valence-electron chi connectivity index (χ0n) is 22.3. The second kappa shape index (κ2) is 10.4. The smallest absolute Gasteiger partial charge is 0.350 e. The summed E-state index contributed by atoms with van der Waals surface area (Å²) in [5, 5.41) is 11.7. The predicted octanol–water partition coefficient (Wildman–Crippen LogP) is 4.69. The number of carbonyl (C=O) groups excluding carboxylic acids is 3. The zero-order chi connectivity index (χ0) is 28.7. The molecule has 0 radical (unpaired) electrons. The number of methoxy groups -OCH3 is 1. The molecule has 204 valence electrons. The molecule has 1 N–H and O–H groups in total. The first-order valence-electron chi connectivity index (χ1n) is 12.3. The maximum atomic E-state index is 13.6. The molecule has 40 heavy (non-hydrogen) atoms. The Hall–Kier alpha value is -4.77. The monoisotopic (exact) mass is 558 g/mol. The number of aryl methyl sites for hydroxylation is 3. The topological polar surface area (TPSA) is 123 Å². The van der Waals surface area contributed by atoms with Gasteiger partial charge >= 0.3 is 11.9 Å². The summed E-state index contributed by atoms with van der Waals surface area (Å²) in [6, 6.07) is 9.52. The van der Waals surface area contributed by atoms with E-state index in [0.29, 0.717) is 35.0 Å². The van der Waals surface area contributed by atoms with Crippen LogP contribution >= 0.6 is 11.3 Å². The number of rotatable bonds is 7. The normalized spacial score (nSPS) is 16.5. The van der Waals surface area contributed by atoms with Gasteiger partial charge in [-0.3, -0.25) is 14.5 Å². The Morgan fingerprint density at radius 2 is 1.88 bits per heavy atom. The second-order valence-corrected chi connectivity index (χ2v) is 10.1. The molecule has 1 amide bonds. The Labute approximate surface area is 233 Å². The molecule has 1 aliphatic rings. The van der Waals surface area contributed by atoms with E-state index in [2.05, 4.69) is 16.5 Å². The number of hydrogen-bond acceptors (Lipinski definition) is 9. The molecule has 10 nitrogen and oxygen atoms in total. The van der Waals surface area contributed by atoms with E-state index < -0.39 is 29.5 Å². The van der Waals surface area contributed by atoms with Gasteiger partial charge in [-0.1, -0.05) is 42.2 Å². The number of fused-ring (bicyclic) bond motifs is 1. The number of anilines is 1. The Balaban J connectivity index is 1.72. The van der Waals surface area contributed by atoms with Crippen LogP contribution in [0.15, 0.2) is 60.8 Å². The highest BCUT2D eigenvalue weighted by atomic mass is 32.1. The quantitative estimate of drug-likeness (QED) is 0.114. The van der Waals surface area contributed by atoms with E-state index in [1.165, 1.54) is 12.0 Å². The van der Waals surface area contributed by atoms with Gasteiger partial charge in [0.2, 0.25) is 0 Å². The van der Waals surface area contributed by atoms with Gasteiger partial charge in [-0.05, 0) is 50.1 Å². The Morgan fingerprint density at radius 3 is 2.52 bits per heavy atom. The van der Waals surface area contributed by atoms with Crippen LogP contribution in [0.4, 0.5) is 5.13 Å². The maximum absolute atomic E-state index is 13.6. The number of aliphatic hydroxyl groups excluding tert-OH is 1. The van der Waals surface area contributed by atoms with Gasteiger partial charge < -0.3 is 19.0 Å². The number of ketones is 1. The summed E-state index contributed by atoms with van der Waals surface area (Å²) in [4.78, 5) is 49.8. The van der Waals surface area contributed by atoms with E-state index in [1.807, 2.05) is 29.7 Å². The first-order valence-corrected chi connectivity index (χ1v) is 13.1. The molecular weight excluding hydrogens is 532 g/mol. The number of carbonyl (C=O) groups is 3. The molecule has 0 bridgehead atoms. The van der Waals surface area contributed by atoms with Crippen LogP contribution in [-0.2, 0) is 14.3 Å².